The van der Waals surface area contributed by atoms with Crippen molar-refractivity contribution in [2.45, 2.75) is 0 Å². The standard InChI is InChI=1S/C14H10N4O6/c15-7-1-3-8(4-2-7)16-17-9-5-6-10(18(23)24)12(14(21)22)11(9)13(19)20/h1-6H,15H2,(H,19,20)(H,21,22)/b17-16+. The fourth-order valence-corrected chi connectivity index (χ4v) is 1.90. The van der Waals surface area contributed by atoms with E-state index >= 15 is 0 Å². The molecule has 0 unspecified atom stereocenters. The van der Waals surface area contributed by atoms with Gasteiger partial charge in [-0.05, 0) is 30.3 Å². The predicted octanol–water partition coefficient (Wildman–Crippen LogP) is 2.99. The Hall–Kier alpha value is -3.82. The van der Waals surface area contributed by atoms with Gasteiger partial charge in [-0.15, -0.1) is 5.11 Å². The molecule has 0 aliphatic carbocycles. The highest BCUT2D eigenvalue weighted by molar-refractivity contribution is 6.08. The first kappa shape index (κ1) is 16.5. The second kappa shape index (κ2) is 6.52. The van der Waals surface area contributed by atoms with Crippen molar-refractivity contribution in [2.75, 3.05) is 5.73 Å². The molecule has 0 saturated heterocycles. The molecule has 0 spiro atoms. The number of nitrogens with two attached hydrogens (primary N) is 1. The quantitative estimate of drug-likeness (QED) is 0.327. The number of carboxylic acid groups (broad SMARTS) is 2. The van der Waals surface area contributed by atoms with Crippen LogP contribution in [0.15, 0.2) is 46.6 Å². The Labute approximate surface area is 134 Å². The van der Waals surface area contributed by atoms with Crippen LogP contribution in [-0.4, -0.2) is 27.1 Å². The lowest BCUT2D eigenvalue weighted by atomic mass is 10.0. The van der Waals surface area contributed by atoms with Gasteiger partial charge in [0.1, 0.15) is 11.3 Å². The van der Waals surface area contributed by atoms with Crippen LogP contribution in [0.25, 0.3) is 0 Å². The third-order valence-corrected chi connectivity index (χ3v) is 2.95. The van der Waals surface area contributed by atoms with Gasteiger partial charge in [-0.3, -0.25) is 10.1 Å². The molecular formula is C14H10N4O6. The minimum Gasteiger partial charge on any atom is -0.478 e. The molecular weight excluding hydrogens is 320 g/mol. The summed E-state index contributed by atoms with van der Waals surface area (Å²) in [6.07, 6.45) is 0. The molecule has 0 fully saturated rings. The van der Waals surface area contributed by atoms with Crippen LogP contribution in [0.1, 0.15) is 20.7 Å². The van der Waals surface area contributed by atoms with Gasteiger partial charge < -0.3 is 15.9 Å². The van der Waals surface area contributed by atoms with Crippen molar-refractivity contribution in [1.82, 2.24) is 0 Å². The monoisotopic (exact) mass is 330 g/mol. The number of hydrogen-bond acceptors (Lipinski definition) is 7. The average molecular weight is 330 g/mol. The zero-order chi connectivity index (χ0) is 17.9. The van der Waals surface area contributed by atoms with Crippen LogP contribution in [0, 0.1) is 10.1 Å². The van der Waals surface area contributed by atoms with E-state index in [1.165, 1.54) is 12.1 Å². The molecule has 0 amide bonds. The van der Waals surface area contributed by atoms with Gasteiger partial charge in [-0.2, -0.15) is 5.11 Å². The van der Waals surface area contributed by atoms with Crippen LogP contribution in [0.3, 0.4) is 0 Å². The lowest BCUT2D eigenvalue weighted by Gasteiger charge is -2.05. The second-order valence-electron chi connectivity index (χ2n) is 4.51. The largest absolute Gasteiger partial charge is 0.478 e. The molecule has 2 aromatic carbocycles. The lowest BCUT2D eigenvalue weighted by Crippen LogP contribution is -2.11. The van der Waals surface area contributed by atoms with E-state index in [2.05, 4.69) is 10.2 Å². The number of anilines is 1. The van der Waals surface area contributed by atoms with Crippen LogP contribution in [0.4, 0.5) is 22.7 Å². The van der Waals surface area contributed by atoms with Crippen molar-refractivity contribution in [1.29, 1.82) is 0 Å². The zero-order valence-corrected chi connectivity index (χ0v) is 11.9. The Kier molecular flexibility index (Phi) is 4.50. The lowest BCUT2D eigenvalue weighted by molar-refractivity contribution is -0.385. The molecule has 0 radical (unpaired) electrons. The summed E-state index contributed by atoms with van der Waals surface area (Å²) in [5.41, 5.74) is 3.42. The number of aromatic carboxylic acids is 2. The van der Waals surface area contributed by atoms with Gasteiger partial charge in [0.25, 0.3) is 5.69 Å². The summed E-state index contributed by atoms with van der Waals surface area (Å²) in [5, 5.41) is 36.7. The number of hydrogen-bond donors (Lipinski definition) is 3. The summed E-state index contributed by atoms with van der Waals surface area (Å²) in [4.78, 5) is 32.6. The smallest absolute Gasteiger partial charge is 0.343 e. The molecule has 4 N–H and O–H groups in total. The van der Waals surface area contributed by atoms with Crippen LogP contribution in [0.5, 0.6) is 0 Å². The highest BCUT2D eigenvalue weighted by atomic mass is 16.6. The summed E-state index contributed by atoms with van der Waals surface area (Å²) in [5.74, 6) is -3.41. The van der Waals surface area contributed by atoms with Crippen molar-refractivity contribution in [3.63, 3.8) is 0 Å². The molecule has 10 nitrogen and oxygen atoms in total. The topological polar surface area (TPSA) is 168 Å². The third-order valence-electron chi connectivity index (χ3n) is 2.95. The maximum atomic E-state index is 11.4. The Morgan fingerprint density at radius 3 is 2.04 bits per heavy atom. The van der Waals surface area contributed by atoms with Crippen LogP contribution in [-0.2, 0) is 0 Å². The Balaban J connectivity index is 2.60. The van der Waals surface area contributed by atoms with Crippen LogP contribution >= 0.6 is 0 Å². The van der Waals surface area contributed by atoms with E-state index < -0.39 is 33.7 Å². The van der Waals surface area contributed by atoms with Crippen molar-refractivity contribution in [2.24, 2.45) is 10.2 Å². The van der Waals surface area contributed by atoms with Crippen molar-refractivity contribution in [3.05, 3.63) is 57.6 Å². The minimum atomic E-state index is -1.75. The van der Waals surface area contributed by atoms with Gasteiger partial charge in [0.05, 0.1) is 10.6 Å². The molecule has 122 valence electrons. The van der Waals surface area contributed by atoms with Crippen LogP contribution < -0.4 is 5.73 Å². The van der Waals surface area contributed by atoms with E-state index in [4.69, 9.17) is 10.8 Å². The molecule has 0 aromatic heterocycles. The number of rotatable bonds is 5. The number of nitrogens with zero attached hydrogens (tertiary/aromatic N) is 3. The Morgan fingerprint density at radius 1 is 0.958 bits per heavy atom. The summed E-state index contributed by atoms with van der Waals surface area (Å²) in [7, 11) is 0. The van der Waals surface area contributed by atoms with Gasteiger partial charge in [0.15, 0.2) is 5.56 Å². The summed E-state index contributed by atoms with van der Waals surface area (Å²) in [6.45, 7) is 0. The molecule has 0 atom stereocenters. The normalized spacial score (nSPS) is 10.7. The number of carboxylic acids is 2. The molecule has 0 aliphatic heterocycles. The first-order valence-corrected chi connectivity index (χ1v) is 6.36. The first-order chi connectivity index (χ1) is 11.3. The molecule has 2 rings (SSSR count). The highest BCUT2D eigenvalue weighted by Crippen LogP contribution is 2.32. The molecule has 24 heavy (non-hydrogen) atoms. The Bertz CT molecular complexity index is 860. The number of azo groups is 1. The van der Waals surface area contributed by atoms with Crippen molar-refractivity contribution >= 4 is 34.7 Å². The maximum absolute atomic E-state index is 11.4. The molecule has 0 saturated carbocycles. The van der Waals surface area contributed by atoms with Gasteiger partial charge in [-0.25, -0.2) is 9.59 Å². The SMILES string of the molecule is Nc1ccc(/N=N/c2ccc([N+](=O)[O-])c(C(=O)O)c2C(=O)O)cc1. The number of carbonyl (C=O) groups is 2. The number of nitro groups is 1. The predicted molar refractivity (Wildman–Crippen MR) is 82.0 cm³/mol. The number of nitro benzene ring substituents is 1. The zero-order valence-electron chi connectivity index (χ0n) is 11.9. The number of nitrogen functional groups attached to an aromatic ring is 1. The second-order valence-corrected chi connectivity index (χ2v) is 4.51. The van der Waals surface area contributed by atoms with Crippen molar-refractivity contribution < 1.29 is 24.7 Å². The molecule has 0 aliphatic rings. The minimum absolute atomic E-state index is 0.317. The molecule has 10 heteroatoms. The van der Waals surface area contributed by atoms with E-state index in [1.807, 2.05) is 0 Å². The van der Waals surface area contributed by atoms with E-state index in [0.717, 1.165) is 12.1 Å². The fourth-order valence-electron chi connectivity index (χ4n) is 1.90. The van der Waals surface area contributed by atoms with E-state index in [-0.39, 0.29) is 5.69 Å². The van der Waals surface area contributed by atoms with Gasteiger partial charge in [0, 0.05) is 11.8 Å². The number of benzene rings is 2. The first-order valence-electron chi connectivity index (χ1n) is 6.36. The summed E-state index contributed by atoms with van der Waals surface area (Å²) in [6, 6.07) is 8.02. The fraction of sp³-hybridized carbons (Fsp3) is 0. The van der Waals surface area contributed by atoms with Crippen LogP contribution in [0.2, 0.25) is 0 Å². The van der Waals surface area contributed by atoms with E-state index in [1.54, 1.807) is 12.1 Å². The molecule has 0 bridgehead atoms. The van der Waals surface area contributed by atoms with E-state index in [9.17, 15) is 24.8 Å². The summed E-state index contributed by atoms with van der Waals surface area (Å²) < 4.78 is 0. The maximum Gasteiger partial charge on any atom is 0.343 e. The van der Waals surface area contributed by atoms with Gasteiger partial charge in [0.2, 0.25) is 0 Å². The molecule has 0 heterocycles. The summed E-state index contributed by atoms with van der Waals surface area (Å²) >= 11 is 0. The third kappa shape index (κ3) is 3.32. The van der Waals surface area contributed by atoms with Gasteiger partial charge in [-0.1, -0.05) is 0 Å². The van der Waals surface area contributed by atoms with E-state index in [0.29, 0.717) is 11.4 Å². The molecule has 2 aromatic rings. The van der Waals surface area contributed by atoms with Crippen molar-refractivity contribution in [3.8, 4) is 0 Å². The van der Waals surface area contributed by atoms with Gasteiger partial charge >= 0.3 is 11.9 Å². The Morgan fingerprint density at radius 2 is 1.54 bits per heavy atom. The highest BCUT2D eigenvalue weighted by Gasteiger charge is 2.30. The average Bonchev–Trinajstić information content (AvgIpc) is 2.52.